The van der Waals surface area contributed by atoms with E-state index in [0.29, 0.717) is 0 Å². The third-order valence-electron chi connectivity index (χ3n) is 9.24. The first-order chi connectivity index (χ1) is 20.9. The molecule has 0 aliphatic heterocycles. The summed E-state index contributed by atoms with van der Waals surface area (Å²) in [7, 11) is 0. The molecule has 1 nitrogen and oxygen atoms in total. The Morgan fingerprint density at radius 3 is 1.36 bits per heavy atom. The number of nitrogens with zero attached hydrogens (tertiary/aromatic N) is 1. The van der Waals surface area contributed by atoms with Gasteiger partial charge in [0.25, 0.3) is 0 Å². The van der Waals surface area contributed by atoms with Gasteiger partial charge in [-0.2, -0.15) is 0 Å². The van der Waals surface area contributed by atoms with Gasteiger partial charge in [0.15, 0.2) is 0 Å². The van der Waals surface area contributed by atoms with Gasteiger partial charge < -0.3 is 4.90 Å². The van der Waals surface area contributed by atoms with Crippen molar-refractivity contribution in [2.24, 2.45) is 0 Å². The van der Waals surface area contributed by atoms with Crippen LogP contribution in [0.1, 0.15) is 22.3 Å². The molecule has 0 aromatic heterocycles. The molecule has 0 amide bonds. The SMILES string of the molecule is c1ccc(N(c2ccccc2)c2ccc3ccc4c(c3c2)C2(c3ccccc3-c3ccccc32)c2ccccc2-4)cc1. The van der Waals surface area contributed by atoms with E-state index in [1.54, 1.807) is 0 Å². The molecule has 1 spiro atoms. The summed E-state index contributed by atoms with van der Waals surface area (Å²) in [6.45, 7) is 0. The van der Waals surface area contributed by atoms with E-state index in [2.05, 4.69) is 169 Å². The zero-order valence-corrected chi connectivity index (χ0v) is 23.0. The smallest absolute Gasteiger partial charge is 0.0731 e. The van der Waals surface area contributed by atoms with Crippen molar-refractivity contribution in [1.82, 2.24) is 0 Å². The summed E-state index contributed by atoms with van der Waals surface area (Å²) in [6, 6.07) is 60.1. The van der Waals surface area contributed by atoms with E-state index in [1.807, 2.05) is 0 Å². The molecule has 0 heterocycles. The lowest BCUT2D eigenvalue weighted by molar-refractivity contribution is 0.801. The van der Waals surface area contributed by atoms with Crippen LogP contribution >= 0.6 is 0 Å². The number of para-hydroxylation sites is 2. The molecule has 7 aromatic carbocycles. The Bertz CT molecular complexity index is 2040. The van der Waals surface area contributed by atoms with Crippen molar-refractivity contribution in [3.63, 3.8) is 0 Å². The zero-order valence-electron chi connectivity index (χ0n) is 23.0. The average molecular weight is 534 g/mol. The first-order valence-electron chi connectivity index (χ1n) is 14.6. The predicted octanol–water partition coefficient (Wildman–Crippen LogP) is 10.7. The van der Waals surface area contributed by atoms with Crippen molar-refractivity contribution < 1.29 is 0 Å². The minimum absolute atomic E-state index is 0.373. The van der Waals surface area contributed by atoms with Gasteiger partial charge in [0.2, 0.25) is 0 Å². The van der Waals surface area contributed by atoms with Crippen molar-refractivity contribution in [1.29, 1.82) is 0 Å². The summed E-state index contributed by atoms with van der Waals surface area (Å²) in [5.41, 5.74) is 13.9. The maximum atomic E-state index is 2.42. The van der Waals surface area contributed by atoms with Crippen LogP contribution in [0.3, 0.4) is 0 Å². The van der Waals surface area contributed by atoms with E-state index >= 15 is 0 Å². The molecule has 9 rings (SSSR count). The van der Waals surface area contributed by atoms with Gasteiger partial charge in [0.1, 0.15) is 0 Å². The summed E-state index contributed by atoms with van der Waals surface area (Å²) in [4.78, 5) is 2.37. The van der Waals surface area contributed by atoms with Crippen LogP contribution < -0.4 is 4.90 Å². The van der Waals surface area contributed by atoms with Gasteiger partial charge in [0.05, 0.1) is 5.41 Å². The van der Waals surface area contributed by atoms with Gasteiger partial charge in [-0.1, -0.05) is 127 Å². The Labute approximate surface area is 246 Å². The largest absolute Gasteiger partial charge is 0.310 e. The Kier molecular flexibility index (Phi) is 4.88. The number of rotatable bonds is 3. The summed E-state index contributed by atoms with van der Waals surface area (Å²) < 4.78 is 0. The Balaban J connectivity index is 1.40. The molecule has 42 heavy (non-hydrogen) atoms. The van der Waals surface area contributed by atoms with Crippen LogP contribution in [0.4, 0.5) is 17.1 Å². The number of benzene rings is 7. The van der Waals surface area contributed by atoms with Gasteiger partial charge in [-0.05, 0) is 91.7 Å². The van der Waals surface area contributed by atoms with Crippen molar-refractivity contribution in [3.8, 4) is 22.3 Å². The van der Waals surface area contributed by atoms with Gasteiger partial charge >= 0.3 is 0 Å². The number of hydrogen-bond acceptors (Lipinski definition) is 1. The quantitative estimate of drug-likeness (QED) is 0.218. The maximum Gasteiger partial charge on any atom is 0.0731 e. The summed E-state index contributed by atoms with van der Waals surface area (Å²) in [6.07, 6.45) is 0. The van der Waals surface area contributed by atoms with Gasteiger partial charge in [-0.15, -0.1) is 0 Å². The molecule has 7 aromatic rings. The van der Waals surface area contributed by atoms with E-state index in [4.69, 9.17) is 0 Å². The molecule has 0 unspecified atom stereocenters. The number of hydrogen-bond donors (Lipinski definition) is 0. The molecule has 0 saturated heterocycles. The molecule has 2 aliphatic carbocycles. The van der Waals surface area contributed by atoms with Crippen molar-refractivity contribution in [3.05, 3.63) is 186 Å². The third kappa shape index (κ3) is 3.03. The van der Waals surface area contributed by atoms with Crippen LogP contribution in [0.15, 0.2) is 164 Å². The van der Waals surface area contributed by atoms with E-state index in [1.165, 1.54) is 55.3 Å². The van der Waals surface area contributed by atoms with Crippen molar-refractivity contribution in [2.75, 3.05) is 4.90 Å². The standard InChI is InChI=1S/C41H27N/c1-3-13-29(14-4-1)42(30-15-5-2-6-16-30)31-25-23-28-24-26-35-34-19-9-12-22-39(34)41(40(35)36(28)27-31)37-20-10-7-17-32(37)33-18-8-11-21-38(33)41/h1-27H. The molecular formula is C41H27N. The molecule has 2 aliphatic rings. The van der Waals surface area contributed by atoms with Gasteiger partial charge in [-0.25, -0.2) is 0 Å². The molecule has 196 valence electrons. The second-order valence-electron chi connectivity index (χ2n) is 11.3. The lowest BCUT2D eigenvalue weighted by atomic mass is 9.69. The molecule has 1 heteroatoms. The van der Waals surface area contributed by atoms with Gasteiger partial charge in [0, 0.05) is 17.1 Å². The normalized spacial score (nSPS) is 13.4. The van der Waals surface area contributed by atoms with Crippen LogP contribution in [-0.4, -0.2) is 0 Å². The summed E-state index contributed by atoms with van der Waals surface area (Å²) in [5.74, 6) is 0. The van der Waals surface area contributed by atoms with Crippen LogP contribution in [0.5, 0.6) is 0 Å². The molecular weight excluding hydrogens is 506 g/mol. The molecule has 0 fully saturated rings. The van der Waals surface area contributed by atoms with Gasteiger partial charge in [-0.3, -0.25) is 0 Å². The highest BCUT2D eigenvalue weighted by Crippen LogP contribution is 2.64. The predicted molar refractivity (Wildman–Crippen MR) is 175 cm³/mol. The second kappa shape index (κ2) is 8.80. The fourth-order valence-corrected chi connectivity index (χ4v) is 7.65. The second-order valence-corrected chi connectivity index (χ2v) is 11.3. The van der Waals surface area contributed by atoms with Crippen LogP contribution in [0, 0.1) is 0 Å². The highest BCUT2D eigenvalue weighted by molar-refractivity contribution is 6.05. The molecule has 0 radical (unpaired) electrons. The topological polar surface area (TPSA) is 3.24 Å². The van der Waals surface area contributed by atoms with E-state index in [-0.39, 0.29) is 5.41 Å². The monoisotopic (exact) mass is 533 g/mol. The van der Waals surface area contributed by atoms with E-state index < -0.39 is 0 Å². The Morgan fingerprint density at radius 1 is 0.357 bits per heavy atom. The maximum absolute atomic E-state index is 2.42. The first-order valence-corrected chi connectivity index (χ1v) is 14.6. The lowest BCUT2D eigenvalue weighted by Crippen LogP contribution is -2.26. The Hall–Kier alpha value is -5.40. The van der Waals surface area contributed by atoms with Crippen molar-refractivity contribution >= 4 is 27.8 Å². The Morgan fingerprint density at radius 2 is 0.810 bits per heavy atom. The fourth-order valence-electron chi connectivity index (χ4n) is 7.65. The molecule has 0 saturated carbocycles. The average Bonchev–Trinajstić information content (AvgIpc) is 3.54. The zero-order chi connectivity index (χ0) is 27.7. The summed E-state index contributed by atoms with van der Waals surface area (Å²) >= 11 is 0. The highest BCUT2D eigenvalue weighted by atomic mass is 15.1. The number of fused-ring (bicyclic) bond motifs is 12. The third-order valence-corrected chi connectivity index (χ3v) is 9.24. The summed E-state index contributed by atoms with van der Waals surface area (Å²) in [5, 5.41) is 2.55. The van der Waals surface area contributed by atoms with Crippen LogP contribution in [0.25, 0.3) is 33.0 Å². The van der Waals surface area contributed by atoms with E-state index in [0.717, 1.165) is 17.1 Å². The molecule has 0 N–H and O–H groups in total. The minimum atomic E-state index is -0.373. The van der Waals surface area contributed by atoms with Crippen LogP contribution in [0.2, 0.25) is 0 Å². The first kappa shape index (κ1) is 23.3. The van der Waals surface area contributed by atoms with Crippen molar-refractivity contribution in [2.45, 2.75) is 5.41 Å². The minimum Gasteiger partial charge on any atom is -0.310 e. The highest BCUT2D eigenvalue weighted by Gasteiger charge is 2.52. The lowest BCUT2D eigenvalue weighted by Gasteiger charge is -2.32. The van der Waals surface area contributed by atoms with Crippen LogP contribution in [-0.2, 0) is 5.41 Å². The van der Waals surface area contributed by atoms with E-state index in [9.17, 15) is 0 Å². The number of anilines is 3. The molecule has 0 atom stereocenters. The molecule has 0 bridgehead atoms. The fraction of sp³-hybridized carbons (Fsp3) is 0.0244.